The molecule has 0 radical (unpaired) electrons. The van der Waals surface area contributed by atoms with Crippen LogP contribution in [0.2, 0.25) is 0 Å². The SMILES string of the molecule is CSc1ccc(Br)cc1.O=C=O.Sc1ccc(Br)cc1. The molecule has 0 atom stereocenters. The summed E-state index contributed by atoms with van der Waals surface area (Å²) in [5, 5.41) is 0. The van der Waals surface area contributed by atoms with Gasteiger partial charge in [0.25, 0.3) is 0 Å². The lowest BCUT2D eigenvalue weighted by Gasteiger charge is -1.92. The number of thioether (sulfide) groups is 1. The van der Waals surface area contributed by atoms with Gasteiger partial charge in [0.15, 0.2) is 0 Å². The minimum atomic E-state index is 0.250. The molecule has 106 valence electrons. The molecule has 0 saturated heterocycles. The highest BCUT2D eigenvalue weighted by Crippen LogP contribution is 2.17. The van der Waals surface area contributed by atoms with E-state index in [1.807, 2.05) is 36.4 Å². The average Bonchev–Trinajstić information content (AvgIpc) is 2.45. The minimum absolute atomic E-state index is 0.250. The molecule has 0 fully saturated rings. The Morgan fingerprint density at radius 1 is 0.900 bits per heavy atom. The molecule has 0 N–H and O–H groups in total. The maximum Gasteiger partial charge on any atom is 0.373 e. The van der Waals surface area contributed by atoms with Gasteiger partial charge in [-0.25, -0.2) is 0 Å². The van der Waals surface area contributed by atoms with E-state index in [4.69, 9.17) is 9.59 Å². The van der Waals surface area contributed by atoms with Crippen molar-refractivity contribution in [1.82, 2.24) is 0 Å². The second-order valence-electron chi connectivity index (χ2n) is 3.22. The third-order valence-corrected chi connectivity index (χ3v) is 3.98. The first-order chi connectivity index (χ1) is 9.53. The minimum Gasteiger partial charge on any atom is -0.186 e. The molecule has 0 saturated carbocycles. The molecule has 0 heterocycles. The molecule has 6 heteroatoms. The first-order valence-corrected chi connectivity index (χ1v) is 8.52. The Hall–Kier alpha value is -0.520. The molecule has 0 unspecified atom stereocenters. The molecular formula is C14H12Br2O2S2. The highest BCUT2D eigenvalue weighted by atomic mass is 79.9. The van der Waals surface area contributed by atoms with Gasteiger partial charge in [0.05, 0.1) is 0 Å². The predicted octanol–water partition coefficient (Wildman–Crippen LogP) is 5.33. The summed E-state index contributed by atoms with van der Waals surface area (Å²) in [6, 6.07) is 16.1. The Morgan fingerprint density at radius 3 is 1.55 bits per heavy atom. The summed E-state index contributed by atoms with van der Waals surface area (Å²) in [4.78, 5) is 18.5. The highest BCUT2D eigenvalue weighted by Gasteiger charge is 1.86. The van der Waals surface area contributed by atoms with E-state index in [0.717, 1.165) is 13.8 Å². The maximum absolute atomic E-state index is 8.12. The normalized spacial score (nSPS) is 8.40. The summed E-state index contributed by atoms with van der Waals surface area (Å²) in [6.07, 6.45) is 2.32. The first kappa shape index (κ1) is 19.5. The van der Waals surface area contributed by atoms with Crippen molar-refractivity contribution < 1.29 is 9.59 Å². The van der Waals surface area contributed by atoms with Crippen LogP contribution >= 0.6 is 56.3 Å². The average molecular weight is 436 g/mol. The van der Waals surface area contributed by atoms with Crippen molar-refractivity contribution in [2.45, 2.75) is 9.79 Å². The third kappa shape index (κ3) is 10.3. The summed E-state index contributed by atoms with van der Waals surface area (Å²) in [6.45, 7) is 0. The summed E-state index contributed by atoms with van der Waals surface area (Å²) in [5.41, 5.74) is 0. The summed E-state index contributed by atoms with van der Waals surface area (Å²) < 4.78 is 2.23. The van der Waals surface area contributed by atoms with E-state index in [-0.39, 0.29) is 6.15 Å². The van der Waals surface area contributed by atoms with Crippen molar-refractivity contribution in [3.05, 3.63) is 57.5 Å². The van der Waals surface area contributed by atoms with Crippen LogP contribution < -0.4 is 0 Å². The van der Waals surface area contributed by atoms with Crippen LogP contribution in [0, 0.1) is 0 Å². The number of halogens is 2. The van der Waals surface area contributed by atoms with Crippen LogP contribution in [0.25, 0.3) is 0 Å². The zero-order chi connectivity index (χ0) is 15.4. The monoisotopic (exact) mass is 434 g/mol. The van der Waals surface area contributed by atoms with Gasteiger partial charge < -0.3 is 0 Å². The Morgan fingerprint density at radius 2 is 1.25 bits per heavy atom. The standard InChI is InChI=1S/C7H7BrS.C6H5BrS.CO2/c1-9-7-4-2-6(8)3-5-7;7-5-1-3-6(8)4-2-5;2-1-3/h2-5H,1H3;1-4,8H;. The smallest absolute Gasteiger partial charge is 0.186 e. The molecule has 20 heavy (non-hydrogen) atoms. The molecule has 0 aliphatic heterocycles. The van der Waals surface area contributed by atoms with Crippen molar-refractivity contribution in [1.29, 1.82) is 0 Å². The molecule has 0 amide bonds. The van der Waals surface area contributed by atoms with Crippen LogP contribution in [0.1, 0.15) is 0 Å². The molecule has 0 spiro atoms. The fourth-order valence-corrected chi connectivity index (χ4v) is 2.10. The number of thiol groups is 1. The number of hydrogen-bond donors (Lipinski definition) is 1. The Bertz CT molecular complexity index is 501. The molecule has 0 aliphatic rings. The van der Waals surface area contributed by atoms with E-state index in [9.17, 15) is 0 Å². The molecule has 2 aromatic rings. The molecular weight excluding hydrogens is 424 g/mol. The molecule has 2 rings (SSSR count). The van der Waals surface area contributed by atoms with Crippen LogP contribution in [0.15, 0.2) is 67.3 Å². The largest absolute Gasteiger partial charge is 0.373 e. The third-order valence-electron chi connectivity index (χ3n) is 1.88. The van der Waals surface area contributed by atoms with Crippen molar-refractivity contribution in [2.24, 2.45) is 0 Å². The van der Waals surface area contributed by atoms with Crippen LogP contribution in [0.5, 0.6) is 0 Å². The molecule has 2 nitrogen and oxygen atoms in total. The van der Waals surface area contributed by atoms with E-state index < -0.39 is 0 Å². The molecule has 2 aromatic carbocycles. The van der Waals surface area contributed by atoms with Gasteiger partial charge in [-0.15, -0.1) is 24.4 Å². The first-order valence-electron chi connectivity index (χ1n) is 5.26. The summed E-state index contributed by atoms with van der Waals surface area (Å²) in [7, 11) is 0. The molecule has 0 bridgehead atoms. The van der Waals surface area contributed by atoms with Gasteiger partial charge in [0, 0.05) is 18.7 Å². The molecule has 0 aliphatic carbocycles. The van der Waals surface area contributed by atoms with Crippen LogP contribution in [-0.4, -0.2) is 12.4 Å². The number of hydrogen-bond acceptors (Lipinski definition) is 4. The fraction of sp³-hybridized carbons (Fsp3) is 0.0714. The van der Waals surface area contributed by atoms with Crippen molar-refractivity contribution >= 4 is 62.4 Å². The number of rotatable bonds is 1. The predicted molar refractivity (Wildman–Crippen MR) is 92.3 cm³/mol. The zero-order valence-corrected chi connectivity index (χ0v) is 15.4. The Labute approximate surface area is 145 Å². The summed E-state index contributed by atoms with van der Waals surface area (Å²) >= 11 is 12.5. The Balaban J connectivity index is 0.000000304. The maximum atomic E-state index is 8.12. The van der Waals surface area contributed by atoms with Gasteiger partial charge in [0.1, 0.15) is 0 Å². The van der Waals surface area contributed by atoms with Crippen molar-refractivity contribution in [3.63, 3.8) is 0 Å². The van der Waals surface area contributed by atoms with E-state index in [2.05, 4.69) is 62.9 Å². The zero-order valence-electron chi connectivity index (χ0n) is 10.5. The lowest BCUT2D eigenvalue weighted by atomic mass is 10.4. The van der Waals surface area contributed by atoms with Crippen molar-refractivity contribution in [2.75, 3.05) is 6.26 Å². The fourth-order valence-electron chi connectivity index (χ4n) is 1.01. The second kappa shape index (κ2) is 12.2. The van der Waals surface area contributed by atoms with Gasteiger partial charge in [-0.2, -0.15) is 9.59 Å². The summed E-state index contributed by atoms with van der Waals surface area (Å²) in [5.74, 6) is 0. The molecule has 0 aromatic heterocycles. The van der Waals surface area contributed by atoms with Crippen LogP contribution in [0.3, 0.4) is 0 Å². The van der Waals surface area contributed by atoms with Gasteiger partial charge in [0.2, 0.25) is 0 Å². The van der Waals surface area contributed by atoms with Gasteiger partial charge in [-0.3, -0.25) is 0 Å². The van der Waals surface area contributed by atoms with Crippen LogP contribution in [-0.2, 0) is 9.59 Å². The van der Waals surface area contributed by atoms with E-state index in [1.54, 1.807) is 11.8 Å². The van der Waals surface area contributed by atoms with E-state index in [0.29, 0.717) is 0 Å². The van der Waals surface area contributed by atoms with Crippen molar-refractivity contribution in [3.8, 4) is 0 Å². The quantitative estimate of drug-likeness (QED) is 0.485. The van der Waals surface area contributed by atoms with Gasteiger partial charge >= 0.3 is 6.15 Å². The Kier molecular flexibility index (Phi) is 11.9. The van der Waals surface area contributed by atoms with E-state index >= 15 is 0 Å². The lowest BCUT2D eigenvalue weighted by molar-refractivity contribution is -0.191. The topological polar surface area (TPSA) is 34.1 Å². The van der Waals surface area contributed by atoms with E-state index in [1.165, 1.54) is 4.90 Å². The lowest BCUT2D eigenvalue weighted by Crippen LogP contribution is -1.66. The van der Waals surface area contributed by atoms with Gasteiger partial charge in [-0.05, 0) is 54.8 Å². The highest BCUT2D eigenvalue weighted by molar-refractivity contribution is 9.10. The second-order valence-corrected chi connectivity index (χ2v) is 6.45. The van der Waals surface area contributed by atoms with Crippen LogP contribution in [0.4, 0.5) is 0 Å². The van der Waals surface area contributed by atoms with Gasteiger partial charge in [-0.1, -0.05) is 31.9 Å². The number of carbonyl (C=O) groups excluding carboxylic acids is 2. The number of benzene rings is 2.